The summed E-state index contributed by atoms with van der Waals surface area (Å²) in [5.74, 6) is 3.68. The van der Waals surface area contributed by atoms with Gasteiger partial charge in [0.25, 0.3) is 0 Å². The van der Waals surface area contributed by atoms with E-state index in [0.717, 1.165) is 56.4 Å². The van der Waals surface area contributed by atoms with E-state index < -0.39 is 0 Å². The number of fused-ring (bicyclic) bond motifs is 1. The van der Waals surface area contributed by atoms with E-state index in [1.165, 1.54) is 6.42 Å². The van der Waals surface area contributed by atoms with Crippen molar-refractivity contribution in [1.82, 2.24) is 24.7 Å². The summed E-state index contributed by atoms with van der Waals surface area (Å²) in [6, 6.07) is 0. The van der Waals surface area contributed by atoms with Crippen LogP contribution in [0.5, 0.6) is 0 Å². The van der Waals surface area contributed by atoms with Crippen LogP contribution in [0.2, 0.25) is 5.15 Å². The molecule has 7 nitrogen and oxygen atoms in total. The number of nitrogens with zero attached hydrogens (tertiary/aromatic N) is 6. The average Bonchev–Trinajstić information content (AvgIpc) is 3.13. The van der Waals surface area contributed by atoms with E-state index in [1.807, 2.05) is 0 Å². The fourth-order valence-corrected chi connectivity index (χ4v) is 3.53. The molecule has 4 rings (SSSR count). The lowest BCUT2D eigenvalue weighted by atomic mass is 9.97. The van der Waals surface area contributed by atoms with Gasteiger partial charge in [-0.2, -0.15) is 0 Å². The van der Waals surface area contributed by atoms with Crippen LogP contribution in [-0.2, 0) is 13.0 Å². The minimum Gasteiger partial charge on any atom is -0.381 e. The number of piperidine rings is 1. The van der Waals surface area contributed by atoms with Crippen LogP contribution >= 0.6 is 11.6 Å². The number of halogens is 1. The van der Waals surface area contributed by atoms with Gasteiger partial charge in [-0.05, 0) is 19.3 Å². The van der Waals surface area contributed by atoms with Gasteiger partial charge >= 0.3 is 0 Å². The van der Waals surface area contributed by atoms with Gasteiger partial charge in [-0.1, -0.05) is 11.6 Å². The molecule has 0 amide bonds. The van der Waals surface area contributed by atoms with Crippen LogP contribution in [0.3, 0.4) is 0 Å². The van der Waals surface area contributed by atoms with Gasteiger partial charge in [-0.15, -0.1) is 10.2 Å². The number of aromatic nitrogens is 5. The Hall–Kier alpha value is -1.89. The molecule has 0 aromatic carbocycles. The predicted octanol–water partition coefficient (Wildman–Crippen LogP) is 1.63. The first-order valence-corrected chi connectivity index (χ1v) is 8.05. The zero-order valence-electron chi connectivity index (χ0n) is 12.2. The lowest BCUT2D eigenvalue weighted by Gasteiger charge is -2.33. The number of rotatable bonds is 2. The summed E-state index contributed by atoms with van der Waals surface area (Å²) in [5, 5.41) is 9.02. The molecule has 2 aliphatic heterocycles. The van der Waals surface area contributed by atoms with Gasteiger partial charge in [-0.3, -0.25) is 0 Å². The van der Waals surface area contributed by atoms with Gasteiger partial charge in [-0.25, -0.2) is 9.97 Å². The minimum atomic E-state index is 0.267. The zero-order chi connectivity index (χ0) is 15.1. The molecule has 1 atom stereocenters. The molecule has 0 saturated carbocycles. The third kappa shape index (κ3) is 2.29. The van der Waals surface area contributed by atoms with Gasteiger partial charge in [0.15, 0.2) is 11.0 Å². The van der Waals surface area contributed by atoms with E-state index in [2.05, 4.69) is 29.6 Å². The summed E-state index contributed by atoms with van der Waals surface area (Å²) < 4.78 is 2.29. The van der Waals surface area contributed by atoms with Crippen molar-refractivity contribution in [1.29, 1.82) is 0 Å². The molecule has 0 bridgehead atoms. The Balaban J connectivity index is 1.57. The Morgan fingerprint density at radius 1 is 1.23 bits per heavy atom. The van der Waals surface area contributed by atoms with Gasteiger partial charge < -0.3 is 15.2 Å². The Morgan fingerprint density at radius 3 is 3.00 bits per heavy atom. The maximum Gasteiger partial charge on any atom is 0.173 e. The lowest BCUT2D eigenvalue weighted by molar-refractivity contribution is 0.470. The highest BCUT2D eigenvalue weighted by atomic mass is 35.5. The molecule has 22 heavy (non-hydrogen) atoms. The number of nitrogen functional groups attached to an aromatic ring is 1. The summed E-state index contributed by atoms with van der Waals surface area (Å²) in [7, 11) is 0. The standard InChI is InChI=1S/C14H18ClN7/c15-12-13(16)17-7-11(18-12)21-5-1-3-9(8-21)14-20-19-10-4-2-6-22(10)14/h7,9H,1-6,8H2,(H2,16,17). The monoisotopic (exact) mass is 319 g/mol. The Morgan fingerprint density at radius 2 is 2.14 bits per heavy atom. The smallest absolute Gasteiger partial charge is 0.173 e. The highest BCUT2D eigenvalue weighted by molar-refractivity contribution is 6.31. The molecule has 1 unspecified atom stereocenters. The number of hydrogen-bond donors (Lipinski definition) is 1. The van der Waals surface area contributed by atoms with Gasteiger partial charge in [0, 0.05) is 32.0 Å². The fourth-order valence-electron chi connectivity index (χ4n) is 3.39. The molecule has 8 heteroatoms. The van der Waals surface area contributed by atoms with Crippen LogP contribution in [0.15, 0.2) is 6.20 Å². The van der Waals surface area contributed by atoms with E-state index >= 15 is 0 Å². The molecule has 4 heterocycles. The van der Waals surface area contributed by atoms with Crippen molar-refractivity contribution in [3.05, 3.63) is 23.0 Å². The highest BCUT2D eigenvalue weighted by Crippen LogP contribution is 2.30. The topological polar surface area (TPSA) is 85.8 Å². The molecule has 1 saturated heterocycles. The largest absolute Gasteiger partial charge is 0.381 e. The van der Waals surface area contributed by atoms with Crippen molar-refractivity contribution in [2.75, 3.05) is 23.7 Å². The maximum absolute atomic E-state index is 5.99. The molecule has 0 aliphatic carbocycles. The molecular formula is C14H18ClN7. The van der Waals surface area contributed by atoms with E-state index in [0.29, 0.717) is 5.92 Å². The Bertz CT molecular complexity index is 698. The van der Waals surface area contributed by atoms with Crippen LogP contribution in [0.1, 0.15) is 36.8 Å². The van der Waals surface area contributed by atoms with Crippen molar-refractivity contribution in [2.24, 2.45) is 0 Å². The van der Waals surface area contributed by atoms with Gasteiger partial charge in [0.05, 0.1) is 6.20 Å². The number of aryl methyl sites for hydroxylation is 1. The van der Waals surface area contributed by atoms with E-state index in [-0.39, 0.29) is 11.0 Å². The molecule has 0 spiro atoms. The van der Waals surface area contributed by atoms with E-state index in [9.17, 15) is 0 Å². The number of nitrogens with two attached hydrogens (primary N) is 1. The molecular weight excluding hydrogens is 302 g/mol. The van der Waals surface area contributed by atoms with Crippen LogP contribution in [0, 0.1) is 0 Å². The maximum atomic E-state index is 5.99. The van der Waals surface area contributed by atoms with E-state index in [1.54, 1.807) is 6.20 Å². The van der Waals surface area contributed by atoms with Crippen molar-refractivity contribution in [3.8, 4) is 0 Å². The fraction of sp³-hybridized carbons (Fsp3) is 0.571. The summed E-state index contributed by atoms with van der Waals surface area (Å²) in [4.78, 5) is 10.7. The van der Waals surface area contributed by atoms with Crippen LogP contribution in [0.25, 0.3) is 0 Å². The Labute approximate surface area is 133 Å². The van der Waals surface area contributed by atoms with E-state index in [4.69, 9.17) is 17.3 Å². The van der Waals surface area contributed by atoms with Crippen molar-refractivity contribution < 1.29 is 0 Å². The normalized spacial score (nSPS) is 21.1. The number of anilines is 2. The third-order valence-electron chi connectivity index (χ3n) is 4.49. The quantitative estimate of drug-likeness (QED) is 0.905. The minimum absolute atomic E-state index is 0.267. The van der Waals surface area contributed by atoms with Gasteiger partial charge in [0.1, 0.15) is 17.5 Å². The molecule has 2 aromatic rings. The van der Waals surface area contributed by atoms with Crippen molar-refractivity contribution >= 4 is 23.2 Å². The predicted molar refractivity (Wildman–Crippen MR) is 84.0 cm³/mol. The second-order valence-corrected chi connectivity index (χ2v) is 6.28. The van der Waals surface area contributed by atoms with Gasteiger partial charge in [0.2, 0.25) is 0 Å². The summed E-state index contributed by atoms with van der Waals surface area (Å²) in [6.07, 6.45) is 6.13. The lowest BCUT2D eigenvalue weighted by Crippen LogP contribution is -2.36. The highest BCUT2D eigenvalue weighted by Gasteiger charge is 2.29. The second-order valence-electron chi connectivity index (χ2n) is 5.92. The molecule has 116 valence electrons. The summed E-state index contributed by atoms with van der Waals surface area (Å²) >= 11 is 5.99. The first-order chi connectivity index (χ1) is 10.7. The molecule has 0 radical (unpaired) electrons. The average molecular weight is 320 g/mol. The molecule has 2 aromatic heterocycles. The van der Waals surface area contributed by atoms with Crippen LogP contribution in [-0.4, -0.2) is 37.8 Å². The first kappa shape index (κ1) is 13.8. The Kier molecular flexibility index (Phi) is 3.37. The van der Waals surface area contributed by atoms with Crippen LogP contribution in [0.4, 0.5) is 11.6 Å². The zero-order valence-corrected chi connectivity index (χ0v) is 13.0. The summed E-state index contributed by atoms with van der Waals surface area (Å²) in [6.45, 7) is 2.86. The molecule has 1 fully saturated rings. The van der Waals surface area contributed by atoms with Crippen LogP contribution < -0.4 is 10.6 Å². The third-order valence-corrected chi connectivity index (χ3v) is 4.77. The SMILES string of the molecule is Nc1ncc(N2CCCC(c3nnc4n3CCC4)C2)nc1Cl. The second kappa shape index (κ2) is 5.39. The first-order valence-electron chi connectivity index (χ1n) is 7.67. The number of hydrogen-bond acceptors (Lipinski definition) is 6. The van der Waals surface area contributed by atoms with Crippen molar-refractivity contribution in [3.63, 3.8) is 0 Å². The molecule has 2 N–H and O–H groups in total. The van der Waals surface area contributed by atoms with Crippen molar-refractivity contribution in [2.45, 2.75) is 38.1 Å². The molecule has 2 aliphatic rings. The summed E-state index contributed by atoms with van der Waals surface area (Å²) in [5.41, 5.74) is 5.64.